The molecule has 5 heteroatoms. The first-order valence-electron chi connectivity index (χ1n) is 8.46. The van der Waals surface area contributed by atoms with Crippen molar-refractivity contribution in [2.24, 2.45) is 0 Å². The van der Waals surface area contributed by atoms with Crippen LogP contribution in [0.1, 0.15) is 22.1 Å². The molecule has 1 amide bonds. The number of benzene rings is 2. The van der Waals surface area contributed by atoms with E-state index in [1.165, 1.54) is 17.4 Å². The van der Waals surface area contributed by atoms with Gasteiger partial charge in [-0.15, -0.1) is 11.3 Å². The van der Waals surface area contributed by atoms with Gasteiger partial charge in [0.25, 0.3) is 5.91 Å². The third kappa shape index (κ3) is 5.39. The highest BCUT2D eigenvalue weighted by Crippen LogP contribution is 2.21. The highest BCUT2D eigenvalue weighted by atomic mass is 32.1. The van der Waals surface area contributed by atoms with Crippen LogP contribution in [-0.4, -0.2) is 11.9 Å². The van der Waals surface area contributed by atoms with Crippen molar-refractivity contribution < 1.29 is 14.3 Å². The van der Waals surface area contributed by atoms with E-state index < -0.39 is 18.0 Å². The molecule has 1 unspecified atom stereocenters. The molecule has 3 rings (SSSR count). The van der Waals surface area contributed by atoms with Crippen LogP contribution in [0, 0.1) is 6.92 Å². The van der Waals surface area contributed by atoms with Crippen molar-refractivity contribution in [1.29, 1.82) is 0 Å². The van der Waals surface area contributed by atoms with Crippen molar-refractivity contribution in [3.8, 4) is 0 Å². The Bertz CT molecular complexity index is 916. The van der Waals surface area contributed by atoms with Crippen LogP contribution in [0.15, 0.2) is 78.2 Å². The van der Waals surface area contributed by atoms with Crippen molar-refractivity contribution in [3.05, 3.63) is 94.2 Å². The molecule has 1 heterocycles. The standard InChI is InChI=1S/C22H19NO3S/c1-16-9-11-18(12-10-16)23-22(25)21(17-6-3-2-4-7-17)26-20(24)14-13-19-8-5-15-27-19/h2-15,21H,1H3,(H,23,25)/b14-13+. The third-order valence-electron chi connectivity index (χ3n) is 3.82. The molecule has 3 aromatic rings. The fourth-order valence-corrected chi connectivity index (χ4v) is 3.06. The van der Waals surface area contributed by atoms with Crippen LogP contribution in [0.5, 0.6) is 0 Å². The number of anilines is 1. The van der Waals surface area contributed by atoms with Crippen LogP contribution in [0.2, 0.25) is 0 Å². The Morgan fingerprint density at radius 3 is 2.41 bits per heavy atom. The molecule has 0 radical (unpaired) electrons. The minimum Gasteiger partial charge on any atom is -0.444 e. The van der Waals surface area contributed by atoms with Gasteiger partial charge in [-0.1, -0.05) is 54.1 Å². The molecule has 4 nitrogen and oxygen atoms in total. The number of ether oxygens (including phenoxy) is 1. The van der Waals surface area contributed by atoms with Crippen LogP contribution >= 0.6 is 11.3 Å². The van der Waals surface area contributed by atoms with Crippen LogP contribution in [0.3, 0.4) is 0 Å². The SMILES string of the molecule is Cc1ccc(NC(=O)C(OC(=O)/C=C/c2cccs2)c2ccccc2)cc1. The third-order valence-corrected chi connectivity index (χ3v) is 4.66. The predicted molar refractivity (Wildman–Crippen MR) is 108 cm³/mol. The zero-order valence-corrected chi connectivity index (χ0v) is 15.6. The zero-order chi connectivity index (χ0) is 19.1. The van der Waals surface area contributed by atoms with Gasteiger partial charge >= 0.3 is 5.97 Å². The van der Waals surface area contributed by atoms with E-state index in [2.05, 4.69) is 5.32 Å². The van der Waals surface area contributed by atoms with Crippen LogP contribution in [0.4, 0.5) is 5.69 Å². The van der Waals surface area contributed by atoms with Gasteiger partial charge in [0.05, 0.1) is 0 Å². The molecule has 0 aliphatic heterocycles. The smallest absolute Gasteiger partial charge is 0.331 e. The first kappa shape index (κ1) is 18.6. The van der Waals surface area contributed by atoms with Gasteiger partial charge in [0.2, 0.25) is 6.10 Å². The second-order valence-electron chi connectivity index (χ2n) is 5.93. The summed E-state index contributed by atoms with van der Waals surface area (Å²) in [6, 6.07) is 20.2. The van der Waals surface area contributed by atoms with Gasteiger partial charge in [0, 0.05) is 22.2 Å². The number of aryl methyl sites for hydroxylation is 1. The van der Waals surface area contributed by atoms with Crippen molar-refractivity contribution in [1.82, 2.24) is 0 Å². The summed E-state index contributed by atoms with van der Waals surface area (Å²) in [6.07, 6.45) is 1.97. The summed E-state index contributed by atoms with van der Waals surface area (Å²) >= 11 is 1.52. The summed E-state index contributed by atoms with van der Waals surface area (Å²) in [7, 11) is 0. The first-order chi connectivity index (χ1) is 13.1. The number of hydrogen-bond acceptors (Lipinski definition) is 4. The van der Waals surface area contributed by atoms with Crippen LogP contribution in [-0.2, 0) is 14.3 Å². The zero-order valence-electron chi connectivity index (χ0n) is 14.8. The molecule has 0 spiro atoms. The van der Waals surface area contributed by atoms with E-state index in [-0.39, 0.29) is 0 Å². The maximum absolute atomic E-state index is 12.8. The first-order valence-corrected chi connectivity index (χ1v) is 9.34. The minimum absolute atomic E-state index is 0.400. The van der Waals surface area contributed by atoms with Crippen LogP contribution in [0.25, 0.3) is 6.08 Å². The Morgan fingerprint density at radius 2 is 1.74 bits per heavy atom. The van der Waals surface area contributed by atoms with Gasteiger partial charge in [0.15, 0.2) is 0 Å². The average molecular weight is 377 g/mol. The number of esters is 1. The topological polar surface area (TPSA) is 55.4 Å². The summed E-state index contributed by atoms with van der Waals surface area (Å²) in [5, 5.41) is 4.73. The van der Waals surface area contributed by atoms with E-state index in [0.717, 1.165) is 10.4 Å². The van der Waals surface area contributed by atoms with Crippen molar-refractivity contribution >= 4 is 35.0 Å². The molecule has 0 fully saturated rings. The fourth-order valence-electron chi connectivity index (χ4n) is 2.44. The largest absolute Gasteiger partial charge is 0.444 e. The number of amides is 1. The molecule has 0 saturated carbocycles. The number of carbonyl (C=O) groups excluding carboxylic acids is 2. The van der Waals surface area contributed by atoms with E-state index >= 15 is 0 Å². The monoisotopic (exact) mass is 377 g/mol. The normalized spacial score (nSPS) is 11.9. The van der Waals surface area contributed by atoms with Crippen molar-refractivity contribution in [3.63, 3.8) is 0 Å². The minimum atomic E-state index is -1.03. The van der Waals surface area contributed by atoms with E-state index in [1.807, 2.05) is 54.8 Å². The fraction of sp³-hybridized carbons (Fsp3) is 0.0909. The van der Waals surface area contributed by atoms with Gasteiger partial charge in [0.1, 0.15) is 0 Å². The molecular formula is C22H19NO3S. The average Bonchev–Trinajstić information content (AvgIpc) is 3.20. The summed E-state index contributed by atoms with van der Waals surface area (Å²) in [5.74, 6) is -0.973. The molecule has 1 N–H and O–H groups in total. The number of thiophene rings is 1. The summed E-state index contributed by atoms with van der Waals surface area (Å²) < 4.78 is 5.46. The Balaban J connectivity index is 1.75. The second kappa shape index (κ2) is 8.96. The molecule has 1 atom stereocenters. The summed E-state index contributed by atoms with van der Waals surface area (Å²) in [6.45, 7) is 1.97. The lowest BCUT2D eigenvalue weighted by atomic mass is 10.1. The van der Waals surface area contributed by atoms with Gasteiger partial charge in [-0.2, -0.15) is 0 Å². The quantitative estimate of drug-likeness (QED) is 0.486. The number of rotatable bonds is 6. The maximum Gasteiger partial charge on any atom is 0.331 e. The van der Waals surface area contributed by atoms with Crippen molar-refractivity contribution in [2.75, 3.05) is 5.32 Å². The predicted octanol–water partition coefficient (Wildman–Crippen LogP) is 4.99. The molecule has 0 bridgehead atoms. The molecule has 0 aliphatic rings. The highest BCUT2D eigenvalue weighted by Gasteiger charge is 2.24. The van der Waals surface area contributed by atoms with Crippen LogP contribution < -0.4 is 5.32 Å². The van der Waals surface area contributed by atoms with Gasteiger partial charge < -0.3 is 10.1 Å². The van der Waals surface area contributed by atoms with E-state index in [1.54, 1.807) is 30.3 Å². The number of hydrogen-bond donors (Lipinski definition) is 1. The number of carbonyl (C=O) groups is 2. The Kier molecular flexibility index (Phi) is 6.18. The summed E-state index contributed by atoms with van der Waals surface area (Å²) in [4.78, 5) is 25.9. The summed E-state index contributed by atoms with van der Waals surface area (Å²) in [5.41, 5.74) is 2.36. The second-order valence-corrected chi connectivity index (χ2v) is 6.91. The lowest BCUT2D eigenvalue weighted by molar-refractivity contribution is -0.149. The van der Waals surface area contributed by atoms with Gasteiger partial charge in [-0.05, 0) is 36.6 Å². The Labute approximate surface area is 162 Å². The maximum atomic E-state index is 12.8. The molecule has 1 aromatic heterocycles. The molecule has 27 heavy (non-hydrogen) atoms. The molecule has 0 aliphatic carbocycles. The van der Waals surface area contributed by atoms with Crippen molar-refractivity contribution in [2.45, 2.75) is 13.0 Å². The van der Waals surface area contributed by atoms with E-state index in [9.17, 15) is 9.59 Å². The molecule has 0 saturated heterocycles. The number of nitrogens with one attached hydrogen (secondary N) is 1. The van der Waals surface area contributed by atoms with Gasteiger partial charge in [-0.3, -0.25) is 4.79 Å². The van der Waals surface area contributed by atoms with E-state index in [4.69, 9.17) is 4.74 Å². The van der Waals surface area contributed by atoms with Gasteiger partial charge in [-0.25, -0.2) is 4.79 Å². The van der Waals surface area contributed by atoms with E-state index in [0.29, 0.717) is 11.3 Å². The molecule has 2 aromatic carbocycles. The Hall–Kier alpha value is -3.18. The lowest BCUT2D eigenvalue weighted by Crippen LogP contribution is -2.25. The molecule has 136 valence electrons. The Morgan fingerprint density at radius 1 is 1.00 bits per heavy atom. The highest BCUT2D eigenvalue weighted by molar-refractivity contribution is 7.10. The molecular weight excluding hydrogens is 358 g/mol. The lowest BCUT2D eigenvalue weighted by Gasteiger charge is -2.17.